The molecule has 0 saturated carbocycles. The van der Waals surface area contributed by atoms with Gasteiger partial charge in [-0.25, -0.2) is 9.37 Å². The third-order valence-corrected chi connectivity index (χ3v) is 4.41. The Bertz CT molecular complexity index is 883. The first-order valence-electron chi connectivity index (χ1n) is 7.60. The van der Waals surface area contributed by atoms with Crippen LogP contribution >= 0.6 is 22.9 Å². The minimum atomic E-state index is -0.567. The largest absolute Gasteiger partial charge is 0.492 e. The lowest BCUT2D eigenvalue weighted by Gasteiger charge is -2.07. The van der Waals surface area contributed by atoms with Crippen LogP contribution in [0.2, 0.25) is 5.02 Å². The minimum absolute atomic E-state index is 0.0496. The SMILES string of the molecule is CCOc1ccc(C=NNc2nc(-c3ccccc3)cs2)c(F)c1Cl. The molecule has 4 nitrogen and oxygen atoms in total. The number of hydrazone groups is 1. The van der Waals surface area contributed by atoms with E-state index in [-0.39, 0.29) is 10.6 Å². The summed E-state index contributed by atoms with van der Waals surface area (Å²) in [6, 6.07) is 13.0. The molecule has 1 heterocycles. The lowest BCUT2D eigenvalue weighted by Crippen LogP contribution is -1.98. The number of anilines is 1. The zero-order valence-corrected chi connectivity index (χ0v) is 14.9. The monoisotopic (exact) mass is 375 g/mol. The van der Waals surface area contributed by atoms with Crippen LogP contribution in [-0.2, 0) is 0 Å². The molecule has 0 aliphatic carbocycles. The van der Waals surface area contributed by atoms with E-state index in [9.17, 15) is 4.39 Å². The second-order valence-electron chi connectivity index (χ2n) is 4.99. The minimum Gasteiger partial charge on any atom is -0.492 e. The van der Waals surface area contributed by atoms with Crippen LogP contribution in [0.3, 0.4) is 0 Å². The van der Waals surface area contributed by atoms with Gasteiger partial charge in [-0.15, -0.1) is 11.3 Å². The van der Waals surface area contributed by atoms with Gasteiger partial charge in [-0.1, -0.05) is 41.9 Å². The number of rotatable bonds is 6. The van der Waals surface area contributed by atoms with Crippen LogP contribution < -0.4 is 10.2 Å². The van der Waals surface area contributed by atoms with Gasteiger partial charge in [0.15, 0.2) is 5.82 Å². The molecule has 0 radical (unpaired) electrons. The van der Waals surface area contributed by atoms with Crippen LogP contribution in [0.1, 0.15) is 12.5 Å². The Morgan fingerprint density at radius 1 is 1.28 bits per heavy atom. The van der Waals surface area contributed by atoms with Crippen molar-refractivity contribution in [2.24, 2.45) is 5.10 Å². The lowest BCUT2D eigenvalue weighted by molar-refractivity contribution is 0.338. The maximum Gasteiger partial charge on any atom is 0.203 e. The van der Waals surface area contributed by atoms with Gasteiger partial charge in [0.1, 0.15) is 10.8 Å². The number of nitrogens with zero attached hydrogens (tertiary/aromatic N) is 2. The van der Waals surface area contributed by atoms with Crippen LogP contribution in [0.15, 0.2) is 52.9 Å². The average Bonchev–Trinajstić information content (AvgIpc) is 3.11. The van der Waals surface area contributed by atoms with Crippen LogP contribution in [0.4, 0.5) is 9.52 Å². The van der Waals surface area contributed by atoms with E-state index in [0.717, 1.165) is 11.3 Å². The Labute approximate surface area is 153 Å². The molecule has 0 spiro atoms. The van der Waals surface area contributed by atoms with Crippen LogP contribution in [-0.4, -0.2) is 17.8 Å². The summed E-state index contributed by atoms with van der Waals surface area (Å²) >= 11 is 7.37. The van der Waals surface area contributed by atoms with Crippen molar-refractivity contribution in [2.45, 2.75) is 6.92 Å². The van der Waals surface area contributed by atoms with E-state index < -0.39 is 5.82 Å². The molecular weight excluding hydrogens is 361 g/mol. The Morgan fingerprint density at radius 3 is 2.84 bits per heavy atom. The highest BCUT2D eigenvalue weighted by molar-refractivity contribution is 7.14. The van der Waals surface area contributed by atoms with Gasteiger partial charge in [-0.2, -0.15) is 5.10 Å². The summed E-state index contributed by atoms with van der Waals surface area (Å²) in [7, 11) is 0. The molecule has 0 bridgehead atoms. The normalized spacial score (nSPS) is 11.0. The molecule has 3 aromatic rings. The highest BCUT2D eigenvalue weighted by Crippen LogP contribution is 2.29. The van der Waals surface area contributed by atoms with E-state index in [0.29, 0.717) is 17.5 Å². The number of benzene rings is 2. The van der Waals surface area contributed by atoms with Gasteiger partial charge in [0.2, 0.25) is 5.13 Å². The van der Waals surface area contributed by atoms with Crippen LogP contribution in [0.5, 0.6) is 5.75 Å². The predicted molar refractivity (Wildman–Crippen MR) is 101 cm³/mol. The first-order valence-corrected chi connectivity index (χ1v) is 8.85. The molecule has 0 unspecified atom stereocenters. The smallest absolute Gasteiger partial charge is 0.203 e. The van der Waals surface area contributed by atoms with Crippen molar-refractivity contribution in [3.8, 4) is 17.0 Å². The number of thiazole rings is 1. The molecule has 1 N–H and O–H groups in total. The fourth-order valence-corrected chi connectivity index (χ4v) is 3.03. The zero-order valence-electron chi connectivity index (χ0n) is 13.4. The van der Waals surface area contributed by atoms with Gasteiger partial charge in [0.05, 0.1) is 18.5 Å². The van der Waals surface area contributed by atoms with E-state index in [1.54, 1.807) is 12.1 Å². The van der Waals surface area contributed by atoms with Crippen molar-refractivity contribution in [3.63, 3.8) is 0 Å². The summed E-state index contributed by atoms with van der Waals surface area (Å²) in [5.41, 5.74) is 4.96. The van der Waals surface area contributed by atoms with E-state index in [1.807, 2.05) is 42.6 Å². The summed E-state index contributed by atoms with van der Waals surface area (Å²) in [5, 5.41) is 6.53. The molecule has 0 aliphatic heterocycles. The van der Waals surface area contributed by atoms with Crippen LogP contribution in [0.25, 0.3) is 11.3 Å². The molecule has 3 rings (SSSR count). The lowest BCUT2D eigenvalue weighted by atomic mass is 10.2. The molecule has 128 valence electrons. The fourth-order valence-electron chi connectivity index (χ4n) is 2.14. The van der Waals surface area contributed by atoms with Gasteiger partial charge in [-0.3, -0.25) is 5.43 Å². The first kappa shape index (κ1) is 17.4. The Balaban J connectivity index is 1.70. The van der Waals surface area contributed by atoms with Crippen molar-refractivity contribution in [2.75, 3.05) is 12.0 Å². The van der Waals surface area contributed by atoms with E-state index >= 15 is 0 Å². The van der Waals surface area contributed by atoms with Gasteiger partial charge in [0.25, 0.3) is 0 Å². The predicted octanol–water partition coefficient (Wildman–Crippen LogP) is 5.45. The number of halogens is 2. The van der Waals surface area contributed by atoms with Crippen molar-refractivity contribution in [1.29, 1.82) is 0 Å². The number of hydrogen-bond acceptors (Lipinski definition) is 5. The average molecular weight is 376 g/mol. The molecule has 0 atom stereocenters. The van der Waals surface area contributed by atoms with Crippen molar-refractivity contribution < 1.29 is 9.13 Å². The number of aromatic nitrogens is 1. The molecule has 0 saturated heterocycles. The van der Waals surface area contributed by atoms with E-state index in [4.69, 9.17) is 16.3 Å². The summed E-state index contributed by atoms with van der Waals surface area (Å²) in [6.07, 6.45) is 1.36. The number of ether oxygens (including phenoxy) is 1. The van der Waals surface area contributed by atoms with Crippen LogP contribution in [0, 0.1) is 5.82 Å². The maximum atomic E-state index is 14.2. The van der Waals surface area contributed by atoms with Gasteiger partial charge in [-0.05, 0) is 19.1 Å². The third-order valence-electron chi connectivity index (χ3n) is 3.31. The van der Waals surface area contributed by atoms with E-state index in [2.05, 4.69) is 15.5 Å². The van der Waals surface area contributed by atoms with Gasteiger partial charge >= 0.3 is 0 Å². The molecule has 0 aliphatic rings. The Hall–Kier alpha value is -2.44. The number of hydrogen-bond donors (Lipinski definition) is 1. The Kier molecular flexibility index (Phi) is 5.63. The van der Waals surface area contributed by atoms with Crippen molar-refractivity contribution in [3.05, 3.63) is 64.2 Å². The first-order chi connectivity index (χ1) is 12.2. The second kappa shape index (κ2) is 8.09. The molecular formula is C18H15ClFN3OS. The molecule has 0 amide bonds. The fraction of sp³-hybridized carbons (Fsp3) is 0.111. The quantitative estimate of drug-likeness (QED) is 0.460. The Morgan fingerprint density at radius 2 is 2.08 bits per heavy atom. The molecule has 2 aromatic carbocycles. The standard InChI is InChI=1S/C18H15ClFN3OS/c1-2-24-15-9-8-13(17(20)16(15)19)10-21-23-18-22-14(11-25-18)12-6-4-3-5-7-12/h3-11H,2H2,1H3,(H,22,23). The summed E-state index contributed by atoms with van der Waals surface area (Å²) in [5.74, 6) is -0.249. The van der Waals surface area contributed by atoms with Crippen molar-refractivity contribution in [1.82, 2.24) is 4.98 Å². The van der Waals surface area contributed by atoms with Gasteiger partial charge < -0.3 is 4.74 Å². The third kappa shape index (κ3) is 4.15. The topological polar surface area (TPSA) is 46.5 Å². The molecule has 7 heteroatoms. The second-order valence-corrected chi connectivity index (χ2v) is 6.22. The highest BCUT2D eigenvalue weighted by Gasteiger charge is 2.11. The summed E-state index contributed by atoms with van der Waals surface area (Å²) in [4.78, 5) is 4.44. The maximum absolute atomic E-state index is 14.2. The number of nitrogens with one attached hydrogen (secondary N) is 1. The molecule has 0 fully saturated rings. The van der Waals surface area contributed by atoms with Gasteiger partial charge in [0, 0.05) is 16.5 Å². The highest BCUT2D eigenvalue weighted by atomic mass is 35.5. The summed E-state index contributed by atoms with van der Waals surface area (Å²) < 4.78 is 19.4. The summed E-state index contributed by atoms with van der Waals surface area (Å²) in [6.45, 7) is 2.23. The molecule has 1 aromatic heterocycles. The zero-order chi connectivity index (χ0) is 17.6. The van der Waals surface area contributed by atoms with Crippen molar-refractivity contribution >= 4 is 34.3 Å². The molecule has 25 heavy (non-hydrogen) atoms. The van der Waals surface area contributed by atoms with E-state index in [1.165, 1.54) is 17.6 Å².